The lowest BCUT2D eigenvalue weighted by Crippen LogP contribution is -2.29. The van der Waals surface area contributed by atoms with Gasteiger partial charge in [-0.05, 0) is 19.0 Å². The second-order valence-corrected chi connectivity index (χ2v) is 4.16. The fourth-order valence-electron chi connectivity index (χ4n) is 2.15. The lowest BCUT2D eigenvalue weighted by atomic mass is 9.96. The highest BCUT2D eigenvalue weighted by atomic mass is 16.5. The van der Waals surface area contributed by atoms with Gasteiger partial charge in [0.1, 0.15) is 0 Å². The molecule has 0 aromatic carbocycles. The van der Waals surface area contributed by atoms with Crippen molar-refractivity contribution in [1.29, 1.82) is 0 Å². The van der Waals surface area contributed by atoms with E-state index in [1.807, 2.05) is 12.1 Å². The Kier molecular flexibility index (Phi) is 4.28. The maximum atomic E-state index is 5.44. The molecule has 1 aromatic rings. The molecule has 1 saturated heterocycles. The van der Waals surface area contributed by atoms with E-state index in [-0.39, 0.29) is 6.04 Å². The highest BCUT2D eigenvalue weighted by Crippen LogP contribution is 2.27. The number of hydrogen-bond donors (Lipinski definition) is 1. The molecule has 2 unspecified atom stereocenters. The van der Waals surface area contributed by atoms with Gasteiger partial charge in [-0.25, -0.2) is 0 Å². The minimum absolute atomic E-state index is 0.223. The van der Waals surface area contributed by atoms with Crippen LogP contribution in [0, 0.1) is 5.92 Å². The van der Waals surface area contributed by atoms with Gasteiger partial charge >= 0.3 is 0 Å². The Hall–Kier alpha value is -1.20. The van der Waals surface area contributed by atoms with Crippen LogP contribution in [0.5, 0.6) is 5.88 Å². The van der Waals surface area contributed by atoms with E-state index in [0.717, 1.165) is 31.9 Å². The number of nitrogens with one attached hydrogen (secondary N) is 1. The molecule has 1 aliphatic heterocycles. The Bertz CT molecular complexity index is 336. The zero-order chi connectivity index (χ0) is 12.1. The summed E-state index contributed by atoms with van der Waals surface area (Å²) in [6, 6.07) is 4.04. The lowest BCUT2D eigenvalue weighted by Gasteiger charge is -2.22. The monoisotopic (exact) mass is 237 g/mol. The molecule has 17 heavy (non-hydrogen) atoms. The second-order valence-electron chi connectivity index (χ2n) is 4.16. The molecule has 1 aliphatic rings. The standard InChI is InChI=1S/C12H19N3O2/c1-3-13-12(9-6-7-17-8-9)10-4-5-11(16-2)15-14-10/h4-5,9,12-13H,3,6-8H2,1-2H3. The number of rotatable bonds is 5. The van der Waals surface area contributed by atoms with Crippen molar-refractivity contribution < 1.29 is 9.47 Å². The Balaban J connectivity index is 2.12. The van der Waals surface area contributed by atoms with Crippen molar-refractivity contribution in [3.8, 4) is 5.88 Å². The summed E-state index contributed by atoms with van der Waals surface area (Å²) >= 11 is 0. The average molecular weight is 237 g/mol. The zero-order valence-corrected chi connectivity index (χ0v) is 10.3. The van der Waals surface area contributed by atoms with Crippen LogP contribution in [0.25, 0.3) is 0 Å². The van der Waals surface area contributed by atoms with Crippen LogP contribution in [-0.4, -0.2) is 37.1 Å². The zero-order valence-electron chi connectivity index (χ0n) is 10.3. The second kappa shape index (κ2) is 5.93. The summed E-state index contributed by atoms with van der Waals surface area (Å²) in [6.45, 7) is 4.65. The largest absolute Gasteiger partial charge is 0.480 e. The summed E-state index contributed by atoms with van der Waals surface area (Å²) in [7, 11) is 1.59. The lowest BCUT2D eigenvalue weighted by molar-refractivity contribution is 0.176. The predicted octanol–water partition coefficient (Wildman–Crippen LogP) is 1.17. The van der Waals surface area contributed by atoms with E-state index in [0.29, 0.717) is 11.8 Å². The van der Waals surface area contributed by atoms with E-state index in [1.54, 1.807) is 7.11 Å². The van der Waals surface area contributed by atoms with Crippen LogP contribution < -0.4 is 10.1 Å². The summed E-state index contributed by atoms with van der Waals surface area (Å²) in [5, 5.41) is 11.7. The van der Waals surface area contributed by atoms with E-state index in [4.69, 9.17) is 9.47 Å². The van der Waals surface area contributed by atoms with Crippen LogP contribution in [0.3, 0.4) is 0 Å². The molecule has 2 atom stereocenters. The summed E-state index contributed by atoms with van der Waals surface area (Å²) in [5.41, 5.74) is 0.961. The topological polar surface area (TPSA) is 56.3 Å². The summed E-state index contributed by atoms with van der Waals surface area (Å²) in [5.74, 6) is 1.03. The summed E-state index contributed by atoms with van der Waals surface area (Å²) in [6.07, 6.45) is 1.07. The van der Waals surface area contributed by atoms with Crippen LogP contribution in [0.4, 0.5) is 0 Å². The van der Waals surface area contributed by atoms with E-state index in [9.17, 15) is 0 Å². The van der Waals surface area contributed by atoms with Gasteiger partial charge in [0.25, 0.3) is 0 Å². The fourth-order valence-corrected chi connectivity index (χ4v) is 2.15. The highest BCUT2D eigenvalue weighted by Gasteiger charge is 2.27. The molecule has 0 spiro atoms. The molecular formula is C12H19N3O2. The van der Waals surface area contributed by atoms with Gasteiger partial charge in [-0.1, -0.05) is 6.92 Å². The van der Waals surface area contributed by atoms with E-state index in [2.05, 4.69) is 22.4 Å². The molecular weight excluding hydrogens is 218 g/mol. The molecule has 1 fully saturated rings. The van der Waals surface area contributed by atoms with Gasteiger partial charge in [0, 0.05) is 18.6 Å². The molecule has 5 nitrogen and oxygen atoms in total. The van der Waals surface area contributed by atoms with Crippen molar-refractivity contribution in [2.24, 2.45) is 5.92 Å². The molecule has 94 valence electrons. The van der Waals surface area contributed by atoms with Crippen LogP contribution in [-0.2, 0) is 4.74 Å². The van der Waals surface area contributed by atoms with Gasteiger partial charge in [0.15, 0.2) is 0 Å². The molecule has 5 heteroatoms. The first-order chi connectivity index (χ1) is 8.35. The minimum Gasteiger partial charge on any atom is -0.480 e. The first-order valence-corrected chi connectivity index (χ1v) is 6.04. The molecule has 0 radical (unpaired) electrons. The maximum Gasteiger partial charge on any atom is 0.233 e. The Labute approximate surface area is 102 Å². The van der Waals surface area contributed by atoms with Crippen molar-refractivity contribution in [2.45, 2.75) is 19.4 Å². The molecule has 1 N–H and O–H groups in total. The quantitative estimate of drug-likeness (QED) is 0.833. The fraction of sp³-hybridized carbons (Fsp3) is 0.667. The molecule has 2 rings (SSSR count). The molecule has 0 saturated carbocycles. The van der Waals surface area contributed by atoms with Crippen LogP contribution in [0.15, 0.2) is 12.1 Å². The normalized spacial score (nSPS) is 21.4. The van der Waals surface area contributed by atoms with Gasteiger partial charge in [0.05, 0.1) is 25.5 Å². The number of methoxy groups -OCH3 is 1. The van der Waals surface area contributed by atoms with Crippen molar-refractivity contribution in [3.05, 3.63) is 17.8 Å². The van der Waals surface area contributed by atoms with E-state index in [1.165, 1.54) is 0 Å². The Morgan fingerprint density at radius 1 is 1.53 bits per heavy atom. The molecule has 0 bridgehead atoms. The van der Waals surface area contributed by atoms with Crippen molar-refractivity contribution in [1.82, 2.24) is 15.5 Å². The van der Waals surface area contributed by atoms with Crippen LogP contribution in [0.1, 0.15) is 25.1 Å². The van der Waals surface area contributed by atoms with E-state index >= 15 is 0 Å². The molecule has 2 heterocycles. The summed E-state index contributed by atoms with van der Waals surface area (Å²) < 4.78 is 10.5. The van der Waals surface area contributed by atoms with Crippen molar-refractivity contribution in [3.63, 3.8) is 0 Å². The highest BCUT2D eigenvalue weighted by molar-refractivity contribution is 5.15. The maximum absolute atomic E-state index is 5.44. The van der Waals surface area contributed by atoms with Gasteiger partial charge < -0.3 is 14.8 Å². The minimum atomic E-state index is 0.223. The number of hydrogen-bond acceptors (Lipinski definition) is 5. The first-order valence-electron chi connectivity index (χ1n) is 6.04. The first kappa shape index (κ1) is 12.3. The average Bonchev–Trinajstić information content (AvgIpc) is 2.90. The number of ether oxygens (including phenoxy) is 2. The SMILES string of the molecule is CCNC(c1ccc(OC)nn1)C1CCOC1. The van der Waals surface area contributed by atoms with Gasteiger partial charge in [-0.15, -0.1) is 5.10 Å². The van der Waals surface area contributed by atoms with Crippen molar-refractivity contribution in [2.75, 3.05) is 26.9 Å². The Morgan fingerprint density at radius 3 is 2.94 bits per heavy atom. The number of nitrogens with zero attached hydrogens (tertiary/aromatic N) is 2. The molecule has 0 amide bonds. The third-order valence-corrected chi connectivity index (χ3v) is 3.05. The summed E-state index contributed by atoms with van der Waals surface area (Å²) in [4.78, 5) is 0. The van der Waals surface area contributed by atoms with Gasteiger partial charge in [-0.3, -0.25) is 0 Å². The van der Waals surface area contributed by atoms with Crippen LogP contribution in [0.2, 0.25) is 0 Å². The third kappa shape index (κ3) is 2.92. The smallest absolute Gasteiger partial charge is 0.233 e. The van der Waals surface area contributed by atoms with E-state index < -0.39 is 0 Å². The predicted molar refractivity (Wildman–Crippen MR) is 63.9 cm³/mol. The third-order valence-electron chi connectivity index (χ3n) is 3.05. The van der Waals surface area contributed by atoms with Crippen LogP contribution >= 0.6 is 0 Å². The number of aromatic nitrogens is 2. The van der Waals surface area contributed by atoms with Gasteiger partial charge in [-0.2, -0.15) is 5.10 Å². The Morgan fingerprint density at radius 2 is 2.41 bits per heavy atom. The molecule has 0 aliphatic carbocycles. The molecule has 1 aromatic heterocycles. The van der Waals surface area contributed by atoms with Gasteiger partial charge in [0.2, 0.25) is 5.88 Å². The van der Waals surface area contributed by atoms with Crippen molar-refractivity contribution >= 4 is 0 Å².